The number of hydrogen-bond donors (Lipinski definition) is 1. The van der Waals surface area contributed by atoms with Gasteiger partial charge in [0.05, 0.1) is 6.61 Å². The third-order valence-corrected chi connectivity index (χ3v) is 6.26. The van der Waals surface area contributed by atoms with Crippen molar-refractivity contribution in [3.05, 3.63) is 0 Å². The Morgan fingerprint density at radius 2 is 1.45 bits per heavy atom. The molecule has 0 saturated carbocycles. The molecule has 1 saturated heterocycles. The van der Waals surface area contributed by atoms with Crippen LogP contribution in [-0.2, 0) is 9.53 Å². The second-order valence-corrected chi connectivity index (χ2v) is 8.98. The summed E-state index contributed by atoms with van der Waals surface area (Å²) in [4.78, 5) is 14.6. The first-order valence-corrected chi connectivity index (χ1v) is 12.8. The van der Waals surface area contributed by atoms with Crippen LogP contribution in [0, 0.1) is 5.92 Å². The molecule has 4 nitrogen and oxygen atoms in total. The molecule has 1 fully saturated rings. The molecule has 0 aromatic rings. The minimum Gasteiger partial charge on any atom is -0.466 e. The van der Waals surface area contributed by atoms with Crippen molar-refractivity contribution in [1.82, 2.24) is 10.2 Å². The minimum atomic E-state index is -0.00432. The topological polar surface area (TPSA) is 41.6 Å². The number of rotatable bonds is 19. The van der Waals surface area contributed by atoms with Crippen molar-refractivity contribution in [3.8, 4) is 0 Å². The SMILES string of the molecule is CCCCCCCCCN(CCCC(=O)OCCCCC)CCC1CCNCC1. The van der Waals surface area contributed by atoms with E-state index in [1.807, 2.05) is 0 Å². The summed E-state index contributed by atoms with van der Waals surface area (Å²) < 4.78 is 5.36. The Labute approximate surface area is 181 Å². The van der Waals surface area contributed by atoms with Gasteiger partial charge >= 0.3 is 5.97 Å². The molecular weight excluding hydrogens is 360 g/mol. The fourth-order valence-electron chi connectivity index (χ4n) is 4.22. The molecule has 0 bridgehead atoms. The van der Waals surface area contributed by atoms with Gasteiger partial charge in [-0.1, -0.05) is 65.2 Å². The molecule has 1 aliphatic heterocycles. The van der Waals surface area contributed by atoms with Gasteiger partial charge < -0.3 is 15.0 Å². The molecule has 0 unspecified atom stereocenters. The number of carbonyl (C=O) groups is 1. The van der Waals surface area contributed by atoms with Crippen molar-refractivity contribution in [2.75, 3.05) is 39.3 Å². The van der Waals surface area contributed by atoms with Crippen molar-refractivity contribution < 1.29 is 9.53 Å². The maximum atomic E-state index is 11.9. The highest BCUT2D eigenvalue weighted by molar-refractivity contribution is 5.69. The van der Waals surface area contributed by atoms with E-state index in [1.54, 1.807) is 0 Å². The molecule has 172 valence electrons. The van der Waals surface area contributed by atoms with Crippen molar-refractivity contribution in [2.24, 2.45) is 5.92 Å². The van der Waals surface area contributed by atoms with Crippen LogP contribution in [0.2, 0.25) is 0 Å². The van der Waals surface area contributed by atoms with Gasteiger partial charge in [0.2, 0.25) is 0 Å². The van der Waals surface area contributed by atoms with Gasteiger partial charge in [0, 0.05) is 6.42 Å². The number of unbranched alkanes of at least 4 members (excludes halogenated alkanes) is 8. The van der Waals surface area contributed by atoms with E-state index < -0.39 is 0 Å². The van der Waals surface area contributed by atoms with Gasteiger partial charge in [0.1, 0.15) is 0 Å². The number of hydrogen-bond acceptors (Lipinski definition) is 4. The molecular formula is C25H50N2O2. The molecule has 0 aromatic carbocycles. The second kappa shape index (κ2) is 19.4. The Balaban J connectivity index is 2.21. The quantitative estimate of drug-likeness (QED) is 0.211. The second-order valence-electron chi connectivity index (χ2n) is 8.98. The summed E-state index contributed by atoms with van der Waals surface area (Å²) in [6, 6.07) is 0. The summed E-state index contributed by atoms with van der Waals surface area (Å²) in [7, 11) is 0. The van der Waals surface area contributed by atoms with Crippen LogP contribution in [0.3, 0.4) is 0 Å². The zero-order valence-electron chi connectivity index (χ0n) is 19.7. The van der Waals surface area contributed by atoms with Crippen molar-refractivity contribution in [1.29, 1.82) is 0 Å². The summed E-state index contributed by atoms with van der Waals surface area (Å²) in [6.45, 7) is 10.9. The highest BCUT2D eigenvalue weighted by Gasteiger charge is 2.15. The molecule has 1 aliphatic rings. The molecule has 29 heavy (non-hydrogen) atoms. The van der Waals surface area contributed by atoms with Gasteiger partial charge in [-0.25, -0.2) is 0 Å². The Kier molecular flexibility index (Phi) is 17.6. The van der Waals surface area contributed by atoms with Crippen LogP contribution < -0.4 is 5.32 Å². The molecule has 0 amide bonds. The number of nitrogens with zero attached hydrogens (tertiary/aromatic N) is 1. The van der Waals surface area contributed by atoms with E-state index in [0.29, 0.717) is 13.0 Å². The predicted octanol–water partition coefficient (Wildman–Crippen LogP) is 5.94. The largest absolute Gasteiger partial charge is 0.466 e. The molecule has 0 atom stereocenters. The number of piperidine rings is 1. The molecule has 1 rings (SSSR count). The lowest BCUT2D eigenvalue weighted by molar-refractivity contribution is -0.143. The van der Waals surface area contributed by atoms with Crippen LogP contribution in [-0.4, -0.2) is 50.2 Å². The fraction of sp³-hybridized carbons (Fsp3) is 0.960. The van der Waals surface area contributed by atoms with Gasteiger partial charge in [-0.15, -0.1) is 0 Å². The Morgan fingerprint density at radius 1 is 0.828 bits per heavy atom. The lowest BCUT2D eigenvalue weighted by Crippen LogP contribution is -2.32. The molecule has 0 aliphatic carbocycles. The van der Waals surface area contributed by atoms with E-state index >= 15 is 0 Å². The summed E-state index contributed by atoms with van der Waals surface area (Å²) in [6.07, 6.45) is 18.4. The van der Waals surface area contributed by atoms with Crippen LogP contribution in [0.5, 0.6) is 0 Å². The van der Waals surface area contributed by atoms with E-state index in [4.69, 9.17) is 4.74 Å². The van der Waals surface area contributed by atoms with E-state index in [9.17, 15) is 4.79 Å². The molecule has 0 aromatic heterocycles. The lowest BCUT2D eigenvalue weighted by Gasteiger charge is -2.27. The Morgan fingerprint density at radius 3 is 2.17 bits per heavy atom. The summed E-state index contributed by atoms with van der Waals surface area (Å²) >= 11 is 0. The molecule has 1 N–H and O–H groups in total. The number of ether oxygens (including phenoxy) is 1. The van der Waals surface area contributed by atoms with Gasteiger partial charge in [0.15, 0.2) is 0 Å². The first-order valence-electron chi connectivity index (χ1n) is 12.8. The van der Waals surface area contributed by atoms with Gasteiger partial charge in [-0.2, -0.15) is 0 Å². The van der Waals surface area contributed by atoms with Crippen molar-refractivity contribution in [2.45, 2.75) is 110 Å². The number of esters is 1. The molecule has 0 radical (unpaired) electrons. The zero-order chi connectivity index (χ0) is 21.0. The first kappa shape index (κ1) is 26.4. The summed E-state index contributed by atoms with van der Waals surface area (Å²) in [5, 5.41) is 3.47. The highest BCUT2D eigenvalue weighted by Crippen LogP contribution is 2.17. The molecule has 4 heteroatoms. The van der Waals surface area contributed by atoms with Gasteiger partial charge in [0.25, 0.3) is 0 Å². The smallest absolute Gasteiger partial charge is 0.305 e. The van der Waals surface area contributed by atoms with Crippen LogP contribution in [0.1, 0.15) is 110 Å². The molecule has 1 heterocycles. The molecule has 0 spiro atoms. The standard InChI is InChI=1S/C25H50N2O2/c1-3-5-7-8-9-10-11-20-27(22-17-24-15-18-26-19-16-24)21-13-14-25(28)29-23-12-6-4-2/h24,26H,3-23H2,1-2H3. The van der Waals surface area contributed by atoms with Gasteiger partial charge in [-0.3, -0.25) is 4.79 Å². The van der Waals surface area contributed by atoms with E-state index in [1.165, 1.54) is 96.8 Å². The van der Waals surface area contributed by atoms with Gasteiger partial charge in [-0.05, 0) is 77.2 Å². The number of carbonyl (C=O) groups excluding carboxylic acids is 1. The van der Waals surface area contributed by atoms with Crippen LogP contribution >= 0.6 is 0 Å². The number of nitrogens with one attached hydrogen (secondary N) is 1. The third-order valence-electron chi connectivity index (χ3n) is 6.26. The summed E-state index contributed by atoms with van der Waals surface area (Å²) in [5.74, 6) is 0.881. The van der Waals surface area contributed by atoms with E-state index in [2.05, 4.69) is 24.1 Å². The van der Waals surface area contributed by atoms with E-state index in [-0.39, 0.29) is 5.97 Å². The minimum absolute atomic E-state index is 0.00432. The van der Waals surface area contributed by atoms with E-state index in [0.717, 1.165) is 31.7 Å². The van der Waals surface area contributed by atoms with Crippen molar-refractivity contribution in [3.63, 3.8) is 0 Å². The fourth-order valence-corrected chi connectivity index (χ4v) is 4.22. The Bertz CT molecular complexity index is 370. The zero-order valence-corrected chi connectivity index (χ0v) is 19.7. The van der Waals surface area contributed by atoms with Crippen LogP contribution in [0.25, 0.3) is 0 Å². The highest BCUT2D eigenvalue weighted by atomic mass is 16.5. The monoisotopic (exact) mass is 410 g/mol. The van der Waals surface area contributed by atoms with Crippen molar-refractivity contribution >= 4 is 5.97 Å². The maximum Gasteiger partial charge on any atom is 0.305 e. The Hall–Kier alpha value is -0.610. The average molecular weight is 411 g/mol. The predicted molar refractivity (Wildman–Crippen MR) is 124 cm³/mol. The lowest BCUT2D eigenvalue weighted by atomic mass is 9.94. The van der Waals surface area contributed by atoms with Crippen LogP contribution in [0.4, 0.5) is 0 Å². The van der Waals surface area contributed by atoms with Crippen LogP contribution in [0.15, 0.2) is 0 Å². The first-order chi connectivity index (χ1) is 14.3. The summed E-state index contributed by atoms with van der Waals surface area (Å²) in [5.41, 5.74) is 0. The third kappa shape index (κ3) is 15.8. The normalized spacial score (nSPS) is 15.1. The average Bonchev–Trinajstić information content (AvgIpc) is 2.74. The maximum absolute atomic E-state index is 11.9.